The van der Waals surface area contributed by atoms with Crippen LogP contribution < -0.4 is 0 Å². The second kappa shape index (κ2) is 5.71. The number of carboxylic acid groups (broad SMARTS) is 1. The molecule has 1 aliphatic heterocycles. The highest BCUT2D eigenvalue weighted by molar-refractivity contribution is 9.10. The van der Waals surface area contributed by atoms with Crippen LogP contribution in [-0.4, -0.2) is 44.6 Å². The molecule has 1 fully saturated rings. The molecule has 0 amide bonds. The van der Waals surface area contributed by atoms with E-state index in [0.29, 0.717) is 18.4 Å². The van der Waals surface area contributed by atoms with E-state index in [1.807, 2.05) is 10.6 Å². The number of halogens is 1. The number of imidazole rings is 1. The maximum atomic E-state index is 10.8. The minimum atomic E-state index is -0.856. The Morgan fingerprint density at radius 2 is 2.50 bits per heavy atom. The van der Waals surface area contributed by atoms with Gasteiger partial charge in [-0.3, -0.25) is 9.36 Å². The Bertz CT molecular complexity index is 655. The summed E-state index contributed by atoms with van der Waals surface area (Å²) in [6.45, 7) is 1.33. The lowest BCUT2D eigenvalue weighted by Crippen LogP contribution is -2.11. The highest BCUT2D eigenvalue weighted by atomic mass is 79.9. The van der Waals surface area contributed by atoms with E-state index >= 15 is 0 Å². The number of nitrogens with zero attached hydrogens (tertiary/aromatic N) is 3. The zero-order valence-corrected chi connectivity index (χ0v) is 12.9. The van der Waals surface area contributed by atoms with Crippen LogP contribution in [0.15, 0.2) is 21.9 Å². The first-order chi connectivity index (χ1) is 9.65. The van der Waals surface area contributed by atoms with Crippen LogP contribution >= 0.6 is 27.7 Å². The summed E-state index contributed by atoms with van der Waals surface area (Å²) in [5, 5.41) is 9.53. The molecule has 106 valence electrons. The molecule has 2 aromatic heterocycles. The van der Waals surface area contributed by atoms with Crippen molar-refractivity contribution in [3.63, 3.8) is 0 Å². The Hall–Kier alpha value is -1.12. The molecule has 0 spiro atoms. The summed E-state index contributed by atoms with van der Waals surface area (Å²) in [7, 11) is 0. The van der Waals surface area contributed by atoms with Crippen LogP contribution in [0, 0.1) is 0 Å². The molecular weight excluding hydrogens is 346 g/mol. The molecule has 1 aliphatic rings. The third-order valence-electron chi connectivity index (χ3n) is 3.06. The summed E-state index contributed by atoms with van der Waals surface area (Å²) in [5.74, 6) is -0.872. The average molecular weight is 358 g/mol. The van der Waals surface area contributed by atoms with E-state index in [1.165, 1.54) is 11.8 Å². The molecule has 3 rings (SSSR count). The second-order valence-corrected chi connectivity index (χ2v) is 6.32. The highest BCUT2D eigenvalue weighted by Gasteiger charge is 2.24. The minimum Gasteiger partial charge on any atom is -0.481 e. The fourth-order valence-corrected chi connectivity index (χ4v) is 3.33. The first-order valence-electron chi connectivity index (χ1n) is 6.11. The van der Waals surface area contributed by atoms with Crippen molar-refractivity contribution in [3.8, 4) is 0 Å². The largest absolute Gasteiger partial charge is 0.481 e. The van der Waals surface area contributed by atoms with Crippen molar-refractivity contribution in [3.05, 3.63) is 16.7 Å². The van der Waals surface area contributed by atoms with E-state index in [9.17, 15) is 4.79 Å². The van der Waals surface area contributed by atoms with Gasteiger partial charge in [0.25, 0.3) is 0 Å². The van der Waals surface area contributed by atoms with Crippen LogP contribution in [-0.2, 0) is 9.53 Å². The van der Waals surface area contributed by atoms with Crippen LogP contribution in [0.4, 0.5) is 0 Å². The number of aromatic nitrogens is 3. The zero-order chi connectivity index (χ0) is 14.1. The maximum absolute atomic E-state index is 10.8. The van der Waals surface area contributed by atoms with Crippen molar-refractivity contribution in [2.24, 2.45) is 0 Å². The van der Waals surface area contributed by atoms with Crippen LogP contribution in [0.5, 0.6) is 0 Å². The third kappa shape index (κ3) is 2.68. The molecular formula is C12H12BrN3O3S. The molecule has 3 heterocycles. The van der Waals surface area contributed by atoms with Crippen molar-refractivity contribution in [1.29, 1.82) is 0 Å². The summed E-state index contributed by atoms with van der Waals surface area (Å²) < 4.78 is 8.28. The summed E-state index contributed by atoms with van der Waals surface area (Å²) in [6.07, 6.45) is 2.62. The first kappa shape index (κ1) is 13.8. The van der Waals surface area contributed by atoms with Gasteiger partial charge in [0, 0.05) is 17.3 Å². The van der Waals surface area contributed by atoms with E-state index in [4.69, 9.17) is 9.84 Å². The van der Waals surface area contributed by atoms with E-state index in [1.54, 1.807) is 6.20 Å². The molecule has 1 atom stereocenters. The van der Waals surface area contributed by atoms with Crippen LogP contribution in [0.1, 0.15) is 12.5 Å². The number of carboxylic acids is 1. The van der Waals surface area contributed by atoms with Gasteiger partial charge in [-0.15, -0.1) is 0 Å². The number of carbonyl (C=O) groups is 1. The first-order valence-corrected chi connectivity index (χ1v) is 7.89. The molecule has 0 aliphatic carbocycles. The third-order valence-corrected chi connectivity index (χ3v) is 4.43. The lowest BCUT2D eigenvalue weighted by atomic mass is 10.2. The normalized spacial score (nSPS) is 18.8. The maximum Gasteiger partial charge on any atom is 0.313 e. The number of thioether (sulfide) groups is 1. The monoisotopic (exact) mass is 357 g/mol. The van der Waals surface area contributed by atoms with Gasteiger partial charge in [0.05, 0.1) is 18.4 Å². The average Bonchev–Trinajstić information content (AvgIpc) is 3.01. The van der Waals surface area contributed by atoms with Gasteiger partial charge < -0.3 is 9.84 Å². The predicted octanol–water partition coefficient (Wildman–Crippen LogP) is 2.33. The van der Waals surface area contributed by atoms with Crippen molar-refractivity contribution in [1.82, 2.24) is 14.5 Å². The van der Waals surface area contributed by atoms with Gasteiger partial charge in [-0.05, 0) is 28.4 Å². The fraction of sp³-hybridized carbons (Fsp3) is 0.417. The van der Waals surface area contributed by atoms with Gasteiger partial charge >= 0.3 is 5.97 Å². The van der Waals surface area contributed by atoms with Gasteiger partial charge in [0.2, 0.25) is 0 Å². The Kier molecular flexibility index (Phi) is 3.95. The lowest BCUT2D eigenvalue weighted by molar-refractivity contribution is -0.133. The lowest BCUT2D eigenvalue weighted by Gasteiger charge is -2.13. The molecule has 6 nitrogen and oxygen atoms in total. The minimum absolute atomic E-state index is 0.0158. The Morgan fingerprint density at radius 3 is 3.20 bits per heavy atom. The van der Waals surface area contributed by atoms with Crippen molar-refractivity contribution in [2.75, 3.05) is 19.0 Å². The topological polar surface area (TPSA) is 77.2 Å². The Morgan fingerprint density at radius 1 is 1.65 bits per heavy atom. The molecule has 20 heavy (non-hydrogen) atoms. The fourth-order valence-electron chi connectivity index (χ4n) is 2.22. The molecule has 1 unspecified atom stereocenters. The molecule has 0 bridgehead atoms. The Labute approximate surface area is 127 Å². The summed E-state index contributed by atoms with van der Waals surface area (Å²) in [4.78, 5) is 19.7. The number of rotatable bonds is 4. The quantitative estimate of drug-likeness (QED) is 0.846. The molecule has 0 radical (unpaired) electrons. The number of hydrogen-bond acceptors (Lipinski definition) is 5. The van der Waals surface area contributed by atoms with Crippen molar-refractivity contribution in [2.45, 2.75) is 17.6 Å². The van der Waals surface area contributed by atoms with Gasteiger partial charge in [-0.25, -0.2) is 9.97 Å². The SMILES string of the molecule is O=C(O)CSc1nc2cc(Br)cnc2n1C1CCOC1. The highest BCUT2D eigenvalue weighted by Crippen LogP contribution is 2.31. The van der Waals surface area contributed by atoms with E-state index in [0.717, 1.165) is 22.1 Å². The van der Waals surface area contributed by atoms with Crippen LogP contribution in [0.3, 0.4) is 0 Å². The predicted molar refractivity (Wildman–Crippen MR) is 78.1 cm³/mol. The second-order valence-electron chi connectivity index (χ2n) is 4.46. The summed E-state index contributed by atoms with van der Waals surface area (Å²) in [5.41, 5.74) is 1.54. The number of fused-ring (bicyclic) bond motifs is 1. The standard InChI is InChI=1S/C12H12BrN3O3S/c13-7-3-9-11(14-4-7)16(8-1-2-19-5-8)12(15-9)20-6-10(17)18/h3-4,8H,1-2,5-6H2,(H,17,18). The molecule has 2 aromatic rings. The van der Waals surface area contributed by atoms with Crippen molar-refractivity contribution >= 4 is 44.8 Å². The Balaban J connectivity index is 2.05. The van der Waals surface area contributed by atoms with Gasteiger partial charge in [-0.1, -0.05) is 11.8 Å². The van der Waals surface area contributed by atoms with E-state index in [2.05, 4.69) is 25.9 Å². The molecule has 1 N–H and O–H groups in total. The van der Waals surface area contributed by atoms with Crippen LogP contribution in [0.25, 0.3) is 11.2 Å². The molecule has 1 saturated heterocycles. The zero-order valence-electron chi connectivity index (χ0n) is 10.5. The van der Waals surface area contributed by atoms with Gasteiger partial charge in [-0.2, -0.15) is 0 Å². The number of pyridine rings is 1. The molecule has 0 aromatic carbocycles. The van der Waals surface area contributed by atoms with Gasteiger partial charge in [0.15, 0.2) is 10.8 Å². The smallest absolute Gasteiger partial charge is 0.313 e. The molecule has 0 saturated carbocycles. The van der Waals surface area contributed by atoms with Crippen LogP contribution in [0.2, 0.25) is 0 Å². The summed E-state index contributed by atoms with van der Waals surface area (Å²) in [6, 6.07) is 2.06. The number of hydrogen-bond donors (Lipinski definition) is 1. The van der Waals surface area contributed by atoms with E-state index in [-0.39, 0.29) is 11.8 Å². The molecule has 8 heteroatoms. The van der Waals surface area contributed by atoms with Crippen molar-refractivity contribution < 1.29 is 14.6 Å². The number of aliphatic carboxylic acids is 1. The van der Waals surface area contributed by atoms with E-state index < -0.39 is 5.97 Å². The van der Waals surface area contributed by atoms with Gasteiger partial charge in [0.1, 0.15) is 5.52 Å². The summed E-state index contributed by atoms with van der Waals surface area (Å²) >= 11 is 4.59. The number of ether oxygens (including phenoxy) is 1.